The highest BCUT2D eigenvalue weighted by Crippen LogP contribution is 2.23. The molecule has 154 valence electrons. The molecule has 1 saturated heterocycles. The number of hydrogen-bond donors (Lipinski definition) is 0. The summed E-state index contributed by atoms with van der Waals surface area (Å²) in [6, 6.07) is 6.57. The van der Waals surface area contributed by atoms with Crippen LogP contribution in [0.1, 0.15) is 20.8 Å². The summed E-state index contributed by atoms with van der Waals surface area (Å²) in [5.41, 5.74) is -0.542. The van der Waals surface area contributed by atoms with Crippen LogP contribution in [0.5, 0.6) is 0 Å². The molecule has 1 fully saturated rings. The number of amides is 1. The van der Waals surface area contributed by atoms with Crippen LogP contribution < -0.4 is 0 Å². The molecular formula is C18H25BrN4O4S. The van der Waals surface area contributed by atoms with E-state index < -0.39 is 15.6 Å². The van der Waals surface area contributed by atoms with Crippen molar-refractivity contribution in [2.75, 3.05) is 39.3 Å². The van der Waals surface area contributed by atoms with E-state index in [-0.39, 0.29) is 11.0 Å². The molecule has 1 aromatic carbocycles. The van der Waals surface area contributed by atoms with Gasteiger partial charge in [-0.1, -0.05) is 15.9 Å². The fourth-order valence-electron chi connectivity index (χ4n) is 3.05. The molecule has 1 aromatic rings. The third-order valence-electron chi connectivity index (χ3n) is 4.40. The van der Waals surface area contributed by atoms with Crippen molar-refractivity contribution < 1.29 is 17.9 Å². The van der Waals surface area contributed by atoms with Crippen LogP contribution in [-0.2, 0) is 14.8 Å². The minimum absolute atomic E-state index is 0.234. The number of halogens is 1. The zero-order valence-corrected chi connectivity index (χ0v) is 18.7. The van der Waals surface area contributed by atoms with Gasteiger partial charge < -0.3 is 14.5 Å². The highest BCUT2D eigenvalue weighted by atomic mass is 79.9. The number of carbonyl (C=O) groups is 1. The summed E-state index contributed by atoms with van der Waals surface area (Å²) in [6.07, 6.45) is -0.347. The lowest BCUT2D eigenvalue weighted by molar-refractivity contribution is 0.0183. The van der Waals surface area contributed by atoms with E-state index >= 15 is 0 Å². The first-order chi connectivity index (χ1) is 13.1. The third-order valence-corrected chi connectivity index (χ3v) is 6.72. The van der Waals surface area contributed by atoms with Gasteiger partial charge in [0, 0.05) is 30.7 Å². The zero-order valence-electron chi connectivity index (χ0n) is 16.3. The molecule has 2 heterocycles. The van der Waals surface area contributed by atoms with Crippen LogP contribution in [0, 0.1) is 0 Å². The van der Waals surface area contributed by atoms with E-state index in [2.05, 4.69) is 20.9 Å². The monoisotopic (exact) mass is 472 g/mol. The Bertz CT molecular complexity index is 857. The van der Waals surface area contributed by atoms with E-state index in [1.54, 1.807) is 29.2 Å². The maximum absolute atomic E-state index is 13.0. The Hall–Kier alpha value is -1.81. The van der Waals surface area contributed by atoms with Crippen LogP contribution in [0.25, 0.3) is 0 Å². The fourth-order valence-corrected chi connectivity index (χ4v) is 4.76. The SMILES string of the molecule is CC(C)(C)OC(=O)N1CCN(C2=NCCN2S(=O)(=O)c2ccc(Br)cc2)CC1. The Kier molecular flexibility index (Phi) is 5.90. The summed E-state index contributed by atoms with van der Waals surface area (Å²) in [4.78, 5) is 20.4. The second kappa shape index (κ2) is 7.90. The van der Waals surface area contributed by atoms with E-state index in [0.717, 1.165) is 4.47 Å². The second-order valence-corrected chi connectivity index (χ2v) is 10.4. The number of ether oxygens (including phenoxy) is 1. The van der Waals surface area contributed by atoms with Gasteiger partial charge in [-0.2, -0.15) is 0 Å². The van der Waals surface area contributed by atoms with Gasteiger partial charge in [0.05, 0.1) is 18.0 Å². The topological polar surface area (TPSA) is 82.5 Å². The molecule has 28 heavy (non-hydrogen) atoms. The molecule has 0 spiro atoms. The summed E-state index contributed by atoms with van der Waals surface area (Å²) in [7, 11) is -3.67. The Labute approximate surface area is 174 Å². The number of carbonyl (C=O) groups excluding carboxylic acids is 1. The molecule has 3 rings (SSSR count). The number of sulfonamides is 1. The minimum Gasteiger partial charge on any atom is -0.444 e. The second-order valence-electron chi connectivity index (χ2n) is 7.67. The summed E-state index contributed by atoms with van der Waals surface area (Å²) < 4.78 is 33.7. The molecule has 0 radical (unpaired) electrons. The molecule has 0 unspecified atom stereocenters. The first-order valence-corrected chi connectivity index (χ1v) is 11.4. The van der Waals surface area contributed by atoms with Crippen molar-refractivity contribution in [2.45, 2.75) is 31.3 Å². The maximum Gasteiger partial charge on any atom is 0.410 e. The quantitative estimate of drug-likeness (QED) is 0.659. The van der Waals surface area contributed by atoms with Crippen molar-refractivity contribution in [1.29, 1.82) is 0 Å². The van der Waals surface area contributed by atoms with Gasteiger partial charge in [-0.25, -0.2) is 17.5 Å². The molecule has 0 saturated carbocycles. The number of piperazine rings is 1. The number of aliphatic imine (C=N–C) groups is 1. The highest BCUT2D eigenvalue weighted by Gasteiger charge is 2.36. The van der Waals surface area contributed by atoms with Crippen LogP contribution in [0.2, 0.25) is 0 Å². The molecule has 2 aliphatic heterocycles. The Morgan fingerprint density at radius 2 is 1.68 bits per heavy atom. The first-order valence-electron chi connectivity index (χ1n) is 9.13. The van der Waals surface area contributed by atoms with Crippen LogP contribution in [0.3, 0.4) is 0 Å². The van der Waals surface area contributed by atoms with E-state index in [1.807, 2.05) is 25.7 Å². The molecule has 8 nitrogen and oxygen atoms in total. The van der Waals surface area contributed by atoms with Gasteiger partial charge in [0.2, 0.25) is 5.96 Å². The van der Waals surface area contributed by atoms with E-state index in [9.17, 15) is 13.2 Å². The Morgan fingerprint density at radius 1 is 1.07 bits per heavy atom. The van der Waals surface area contributed by atoms with Crippen molar-refractivity contribution in [3.8, 4) is 0 Å². The third kappa shape index (κ3) is 4.60. The lowest BCUT2D eigenvalue weighted by atomic mass is 10.2. The normalized spacial score (nSPS) is 18.3. The van der Waals surface area contributed by atoms with Crippen molar-refractivity contribution in [2.24, 2.45) is 4.99 Å². The minimum atomic E-state index is -3.67. The average molecular weight is 473 g/mol. The van der Waals surface area contributed by atoms with Gasteiger partial charge in [0.15, 0.2) is 0 Å². The van der Waals surface area contributed by atoms with Gasteiger partial charge in [-0.05, 0) is 45.0 Å². The highest BCUT2D eigenvalue weighted by molar-refractivity contribution is 9.10. The number of hydrogen-bond acceptors (Lipinski definition) is 6. The molecule has 0 atom stereocenters. The van der Waals surface area contributed by atoms with E-state index in [4.69, 9.17) is 4.74 Å². The van der Waals surface area contributed by atoms with Gasteiger partial charge in [0.1, 0.15) is 5.60 Å². The maximum atomic E-state index is 13.0. The molecule has 1 amide bonds. The van der Waals surface area contributed by atoms with Crippen molar-refractivity contribution in [3.63, 3.8) is 0 Å². The van der Waals surface area contributed by atoms with Gasteiger partial charge >= 0.3 is 6.09 Å². The van der Waals surface area contributed by atoms with Crippen LogP contribution >= 0.6 is 15.9 Å². The van der Waals surface area contributed by atoms with Crippen LogP contribution in [0.4, 0.5) is 4.79 Å². The lowest BCUT2D eigenvalue weighted by Crippen LogP contribution is -2.55. The average Bonchev–Trinajstić information content (AvgIpc) is 3.11. The summed E-state index contributed by atoms with van der Waals surface area (Å²) in [5.74, 6) is 0.451. The van der Waals surface area contributed by atoms with E-state index in [0.29, 0.717) is 45.2 Å². The van der Waals surface area contributed by atoms with Crippen molar-refractivity contribution in [3.05, 3.63) is 28.7 Å². The molecular weight excluding hydrogens is 448 g/mol. The van der Waals surface area contributed by atoms with Crippen LogP contribution in [0.15, 0.2) is 38.6 Å². The zero-order chi connectivity index (χ0) is 20.5. The Balaban J connectivity index is 1.68. The number of rotatable bonds is 2. The number of nitrogens with zero attached hydrogens (tertiary/aromatic N) is 4. The standard InChI is InChI=1S/C18H25BrN4O4S/c1-18(2,3)27-17(24)22-12-10-21(11-13-22)16-20-8-9-23(16)28(25,26)15-6-4-14(19)5-7-15/h4-7H,8-13H2,1-3H3. The smallest absolute Gasteiger partial charge is 0.410 e. The molecule has 2 aliphatic rings. The molecule has 0 aliphatic carbocycles. The van der Waals surface area contributed by atoms with Crippen molar-refractivity contribution >= 4 is 38.0 Å². The number of benzene rings is 1. The number of guanidine groups is 1. The van der Waals surface area contributed by atoms with Crippen molar-refractivity contribution in [1.82, 2.24) is 14.1 Å². The predicted octanol–water partition coefficient (Wildman–Crippen LogP) is 2.36. The van der Waals surface area contributed by atoms with Gasteiger partial charge in [0.25, 0.3) is 10.0 Å². The summed E-state index contributed by atoms with van der Waals surface area (Å²) in [6.45, 7) is 8.17. The van der Waals surface area contributed by atoms with Gasteiger partial charge in [-0.3, -0.25) is 4.99 Å². The van der Waals surface area contributed by atoms with Gasteiger partial charge in [-0.15, -0.1) is 0 Å². The molecule has 0 N–H and O–H groups in total. The molecule has 0 bridgehead atoms. The largest absolute Gasteiger partial charge is 0.444 e. The molecule has 10 heteroatoms. The summed E-state index contributed by atoms with van der Waals surface area (Å²) in [5, 5.41) is 0. The lowest BCUT2D eigenvalue weighted by Gasteiger charge is -2.38. The Morgan fingerprint density at radius 3 is 2.25 bits per heavy atom. The molecule has 0 aromatic heterocycles. The van der Waals surface area contributed by atoms with E-state index in [1.165, 1.54) is 4.31 Å². The predicted molar refractivity (Wildman–Crippen MR) is 110 cm³/mol. The van der Waals surface area contributed by atoms with Crippen LogP contribution in [-0.4, -0.2) is 79.4 Å². The fraction of sp³-hybridized carbons (Fsp3) is 0.556. The summed E-state index contributed by atoms with van der Waals surface area (Å²) >= 11 is 3.32. The first kappa shape index (κ1) is 20.9.